The summed E-state index contributed by atoms with van der Waals surface area (Å²) in [6.07, 6.45) is 4.25. The molecule has 1 aromatic rings. The molecular weight excluding hydrogens is 294 g/mol. The highest BCUT2D eigenvalue weighted by atomic mass is 32.2. The summed E-state index contributed by atoms with van der Waals surface area (Å²) in [6.45, 7) is 6.25. The zero-order valence-electron chi connectivity index (χ0n) is 14.4. The Hall–Kier alpha value is -1.36. The highest BCUT2D eigenvalue weighted by Gasteiger charge is 2.15. The molecule has 1 aromatic carbocycles. The van der Waals surface area contributed by atoms with Gasteiger partial charge in [-0.15, -0.1) is 0 Å². The van der Waals surface area contributed by atoms with Crippen LogP contribution >= 0.6 is 11.8 Å². The zero-order chi connectivity index (χ0) is 16.4. The van der Waals surface area contributed by atoms with Gasteiger partial charge in [-0.3, -0.25) is 4.99 Å². The van der Waals surface area contributed by atoms with E-state index in [4.69, 9.17) is 4.74 Å². The van der Waals surface area contributed by atoms with E-state index in [-0.39, 0.29) is 4.75 Å². The fourth-order valence-corrected chi connectivity index (χ4v) is 2.10. The van der Waals surface area contributed by atoms with Crippen LogP contribution in [0.3, 0.4) is 0 Å². The largest absolute Gasteiger partial charge is 0.497 e. The van der Waals surface area contributed by atoms with E-state index in [0.29, 0.717) is 0 Å². The maximum absolute atomic E-state index is 5.17. The number of hydrogen-bond donors (Lipinski definition) is 2. The van der Waals surface area contributed by atoms with E-state index >= 15 is 0 Å². The van der Waals surface area contributed by atoms with Crippen molar-refractivity contribution < 1.29 is 4.74 Å². The lowest BCUT2D eigenvalue weighted by atomic mass is 10.1. The number of methoxy groups -OCH3 is 1. The second kappa shape index (κ2) is 9.62. The van der Waals surface area contributed by atoms with Gasteiger partial charge in [-0.2, -0.15) is 11.8 Å². The second-order valence-electron chi connectivity index (χ2n) is 5.77. The fraction of sp³-hybridized carbons (Fsp3) is 0.588. The first-order valence-electron chi connectivity index (χ1n) is 7.63. The third kappa shape index (κ3) is 7.07. The summed E-state index contributed by atoms with van der Waals surface area (Å²) < 4.78 is 5.38. The summed E-state index contributed by atoms with van der Waals surface area (Å²) in [7, 11) is 3.50. The summed E-state index contributed by atoms with van der Waals surface area (Å²) in [5.74, 6) is 1.78. The van der Waals surface area contributed by atoms with Crippen LogP contribution in [0, 0.1) is 0 Å². The van der Waals surface area contributed by atoms with E-state index in [1.54, 1.807) is 7.11 Å². The van der Waals surface area contributed by atoms with E-state index in [0.717, 1.165) is 37.6 Å². The Morgan fingerprint density at radius 2 is 1.91 bits per heavy atom. The molecule has 0 bridgehead atoms. The van der Waals surface area contributed by atoms with Gasteiger partial charge in [0.05, 0.1) is 7.11 Å². The Labute approximate surface area is 139 Å². The quantitative estimate of drug-likeness (QED) is 0.439. The molecule has 0 fully saturated rings. The summed E-state index contributed by atoms with van der Waals surface area (Å²) in [5.41, 5.74) is 1.33. The van der Waals surface area contributed by atoms with Crippen LogP contribution in [-0.4, -0.2) is 44.2 Å². The first-order valence-corrected chi connectivity index (χ1v) is 8.86. The van der Waals surface area contributed by atoms with E-state index in [2.05, 4.69) is 47.9 Å². The van der Waals surface area contributed by atoms with Gasteiger partial charge in [0.25, 0.3) is 0 Å². The van der Waals surface area contributed by atoms with E-state index in [1.165, 1.54) is 5.56 Å². The maximum Gasteiger partial charge on any atom is 0.191 e. The third-order valence-electron chi connectivity index (χ3n) is 3.55. The molecule has 22 heavy (non-hydrogen) atoms. The molecule has 0 amide bonds. The van der Waals surface area contributed by atoms with Gasteiger partial charge < -0.3 is 15.4 Å². The van der Waals surface area contributed by atoms with Crippen LogP contribution in [0.5, 0.6) is 5.75 Å². The standard InChI is InChI=1S/C17H29N3OS/c1-17(2,22-5)13-20-16(18-3)19-12-6-7-14-8-10-15(21-4)11-9-14/h8-11H,6-7,12-13H2,1-5H3,(H2,18,19,20). The molecule has 124 valence electrons. The van der Waals surface area contributed by atoms with Crippen LogP contribution in [-0.2, 0) is 6.42 Å². The number of nitrogens with one attached hydrogen (secondary N) is 2. The van der Waals surface area contributed by atoms with Gasteiger partial charge in [0.15, 0.2) is 5.96 Å². The summed E-state index contributed by atoms with van der Waals surface area (Å²) in [6, 6.07) is 8.25. The highest BCUT2D eigenvalue weighted by molar-refractivity contribution is 7.99. The van der Waals surface area contributed by atoms with Gasteiger partial charge in [0.2, 0.25) is 0 Å². The Bertz CT molecular complexity index is 457. The van der Waals surface area contributed by atoms with Crippen LogP contribution in [0.15, 0.2) is 29.3 Å². The van der Waals surface area contributed by atoms with Crippen molar-refractivity contribution in [2.45, 2.75) is 31.4 Å². The Kier molecular flexibility index (Phi) is 8.17. The number of aliphatic imine (C=N–C) groups is 1. The van der Waals surface area contributed by atoms with E-state index in [1.807, 2.05) is 30.9 Å². The first kappa shape index (κ1) is 18.7. The average Bonchev–Trinajstić information content (AvgIpc) is 2.54. The molecule has 0 radical (unpaired) electrons. The number of ether oxygens (including phenoxy) is 1. The van der Waals surface area contributed by atoms with Crippen molar-refractivity contribution in [2.75, 3.05) is 33.5 Å². The highest BCUT2D eigenvalue weighted by Crippen LogP contribution is 2.19. The van der Waals surface area contributed by atoms with Gasteiger partial charge in [-0.1, -0.05) is 12.1 Å². The Balaban J connectivity index is 2.26. The molecule has 1 rings (SSSR count). The van der Waals surface area contributed by atoms with Crippen molar-refractivity contribution in [3.05, 3.63) is 29.8 Å². The lowest BCUT2D eigenvalue weighted by Gasteiger charge is -2.23. The number of benzene rings is 1. The van der Waals surface area contributed by atoms with Crippen LogP contribution < -0.4 is 15.4 Å². The number of thioether (sulfide) groups is 1. The molecule has 0 aliphatic rings. The normalized spacial score (nSPS) is 12.1. The molecule has 0 unspecified atom stereocenters. The monoisotopic (exact) mass is 323 g/mol. The molecule has 0 saturated carbocycles. The summed E-state index contributed by atoms with van der Waals surface area (Å²) in [5, 5.41) is 6.74. The number of guanidine groups is 1. The van der Waals surface area contributed by atoms with Crippen LogP contribution in [0.2, 0.25) is 0 Å². The lowest BCUT2D eigenvalue weighted by Crippen LogP contribution is -2.43. The van der Waals surface area contributed by atoms with Crippen LogP contribution in [0.25, 0.3) is 0 Å². The molecule has 0 aromatic heterocycles. The first-order chi connectivity index (χ1) is 10.5. The minimum atomic E-state index is 0.209. The number of aryl methyl sites for hydroxylation is 1. The molecule has 0 aliphatic carbocycles. The fourth-order valence-electron chi connectivity index (χ4n) is 1.88. The molecule has 0 aliphatic heterocycles. The van der Waals surface area contributed by atoms with Crippen molar-refractivity contribution in [3.8, 4) is 5.75 Å². The minimum Gasteiger partial charge on any atom is -0.497 e. The molecule has 5 heteroatoms. The van der Waals surface area contributed by atoms with Crippen molar-refractivity contribution in [1.82, 2.24) is 10.6 Å². The molecule has 2 N–H and O–H groups in total. The molecule has 0 saturated heterocycles. The number of hydrogen-bond acceptors (Lipinski definition) is 3. The van der Waals surface area contributed by atoms with Crippen molar-refractivity contribution >= 4 is 17.7 Å². The van der Waals surface area contributed by atoms with Gasteiger partial charge in [-0.25, -0.2) is 0 Å². The zero-order valence-corrected chi connectivity index (χ0v) is 15.2. The van der Waals surface area contributed by atoms with Crippen LogP contribution in [0.1, 0.15) is 25.8 Å². The van der Waals surface area contributed by atoms with Gasteiger partial charge in [-0.05, 0) is 50.6 Å². The predicted octanol–water partition coefficient (Wildman–Crippen LogP) is 2.93. The van der Waals surface area contributed by atoms with Gasteiger partial charge in [0, 0.05) is 24.9 Å². The smallest absolute Gasteiger partial charge is 0.191 e. The van der Waals surface area contributed by atoms with Gasteiger partial charge >= 0.3 is 0 Å². The number of rotatable bonds is 8. The molecule has 0 heterocycles. The lowest BCUT2D eigenvalue weighted by molar-refractivity contribution is 0.414. The SMILES string of the molecule is CN=C(NCCCc1ccc(OC)cc1)NCC(C)(C)SC. The maximum atomic E-state index is 5.17. The topological polar surface area (TPSA) is 45.7 Å². The van der Waals surface area contributed by atoms with Crippen molar-refractivity contribution in [2.24, 2.45) is 4.99 Å². The van der Waals surface area contributed by atoms with Crippen molar-refractivity contribution in [3.63, 3.8) is 0 Å². The van der Waals surface area contributed by atoms with Crippen molar-refractivity contribution in [1.29, 1.82) is 0 Å². The minimum absolute atomic E-state index is 0.209. The molecule has 4 nitrogen and oxygen atoms in total. The molecule has 0 atom stereocenters. The number of nitrogens with zero attached hydrogens (tertiary/aromatic N) is 1. The van der Waals surface area contributed by atoms with E-state index in [9.17, 15) is 0 Å². The summed E-state index contributed by atoms with van der Waals surface area (Å²) in [4.78, 5) is 4.26. The Morgan fingerprint density at radius 1 is 1.23 bits per heavy atom. The summed E-state index contributed by atoms with van der Waals surface area (Å²) >= 11 is 1.85. The third-order valence-corrected chi connectivity index (χ3v) is 4.80. The average molecular weight is 324 g/mol. The molecule has 0 spiro atoms. The van der Waals surface area contributed by atoms with Crippen LogP contribution in [0.4, 0.5) is 0 Å². The molecular formula is C17H29N3OS. The second-order valence-corrected chi connectivity index (χ2v) is 7.28. The van der Waals surface area contributed by atoms with E-state index < -0.39 is 0 Å². The van der Waals surface area contributed by atoms with Gasteiger partial charge in [0.1, 0.15) is 5.75 Å². The predicted molar refractivity (Wildman–Crippen MR) is 98.3 cm³/mol. The Morgan fingerprint density at radius 3 is 2.45 bits per heavy atom.